The Morgan fingerprint density at radius 3 is 2.78 bits per heavy atom. The van der Waals surface area contributed by atoms with Crippen molar-refractivity contribution < 1.29 is 13.9 Å². The van der Waals surface area contributed by atoms with Crippen molar-refractivity contribution in [3.63, 3.8) is 0 Å². The first-order valence-electron chi connectivity index (χ1n) is 9.22. The molecule has 1 aliphatic heterocycles. The molecule has 1 aromatic carbocycles. The Hall–Kier alpha value is -2.70. The lowest BCUT2D eigenvalue weighted by atomic mass is 10.1. The van der Waals surface area contributed by atoms with Gasteiger partial charge in [-0.25, -0.2) is 0 Å². The number of pyridine rings is 1. The van der Waals surface area contributed by atoms with Crippen molar-refractivity contribution in [1.29, 1.82) is 0 Å². The molecule has 2 aromatic heterocycles. The first-order chi connectivity index (χ1) is 13.2. The van der Waals surface area contributed by atoms with Gasteiger partial charge in [0.05, 0.1) is 30.3 Å². The number of ether oxygens (including phenoxy) is 1. The van der Waals surface area contributed by atoms with E-state index in [-0.39, 0.29) is 11.9 Å². The molecule has 27 heavy (non-hydrogen) atoms. The van der Waals surface area contributed by atoms with Crippen LogP contribution < -0.4 is 5.32 Å². The van der Waals surface area contributed by atoms with Crippen molar-refractivity contribution in [3.05, 3.63) is 65.7 Å². The summed E-state index contributed by atoms with van der Waals surface area (Å²) < 4.78 is 11.3. The molecule has 1 atom stereocenters. The predicted octanol–water partition coefficient (Wildman–Crippen LogP) is 2.94. The molecule has 1 amide bonds. The van der Waals surface area contributed by atoms with E-state index >= 15 is 0 Å². The lowest BCUT2D eigenvalue weighted by molar-refractivity contribution is 0.0117. The number of hydrogen-bond donors (Lipinski definition) is 1. The Labute approximate surface area is 158 Å². The van der Waals surface area contributed by atoms with Crippen LogP contribution in [-0.2, 0) is 4.74 Å². The van der Waals surface area contributed by atoms with Gasteiger partial charge in [-0.05, 0) is 31.2 Å². The maximum absolute atomic E-state index is 12.9. The van der Waals surface area contributed by atoms with Gasteiger partial charge in [-0.3, -0.25) is 14.7 Å². The van der Waals surface area contributed by atoms with Crippen molar-refractivity contribution >= 4 is 16.8 Å². The maximum atomic E-state index is 12.9. The number of nitrogens with zero attached hydrogens (tertiary/aromatic N) is 2. The highest BCUT2D eigenvalue weighted by molar-refractivity contribution is 6.05. The van der Waals surface area contributed by atoms with Gasteiger partial charge in [0.2, 0.25) is 0 Å². The van der Waals surface area contributed by atoms with Crippen molar-refractivity contribution in [2.24, 2.45) is 0 Å². The fourth-order valence-corrected chi connectivity index (χ4v) is 3.51. The Bertz CT molecular complexity index is 926. The molecule has 1 aliphatic rings. The van der Waals surface area contributed by atoms with Crippen LogP contribution in [0.1, 0.15) is 27.9 Å². The number of aromatic nitrogens is 1. The lowest BCUT2D eigenvalue weighted by Gasteiger charge is -2.33. The van der Waals surface area contributed by atoms with E-state index < -0.39 is 0 Å². The summed E-state index contributed by atoms with van der Waals surface area (Å²) in [5, 5.41) is 3.94. The molecule has 1 fully saturated rings. The van der Waals surface area contributed by atoms with Gasteiger partial charge in [0.15, 0.2) is 0 Å². The highest BCUT2D eigenvalue weighted by atomic mass is 16.5. The van der Waals surface area contributed by atoms with Crippen LogP contribution in [-0.4, -0.2) is 48.6 Å². The van der Waals surface area contributed by atoms with E-state index in [0.29, 0.717) is 25.3 Å². The summed E-state index contributed by atoms with van der Waals surface area (Å²) >= 11 is 0. The molecule has 0 bridgehead atoms. The largest absolute Gasteiger partial charge is 0.465 e. The second-order valence-corrected chi connectivity index (χ2v) is 6.70. The van der Waals surface area contributed by atoms with Crippen LogP contribution in [0.15, 0.2) is 53.1 Å². The van der Waals surface area contributed by atoms with Crippen LogP contribution in [0.25, 0.3) is 10.9 Å². The van der Waals surface area contributed by atoms with Crippen LogP contribution in [0.4, 0.5) is 0 Å². The monoisotopic (exact) mass is 365 g/mol. The van der Waals surface area contributed by atoms with Gasteiger partial charge in [-0.1, -0.05) is 18.2 Å². The number of hydrogen-bond acceptors (Lipinski definition) is 5. The molecule has 0 spiro atoms. The van der Waals surface area contributed by atoms with Gasteiger partial charge in [0.1, 0.15) is 11.5 Å². The van der Waals surface area contributed by atoms with Gasteiger partial charge in [-0.15, -0.1) is 0 Å². The third-order valence-corrected chi connectivity index (χ3v) is 4.93. The second-order valence-electron chi connectivity index (χ2n) is 6.70. The number of amides is 1. The fourth-order valence-electron chi connectivity index (χ4n) is 3.51. The van der Waals surface area contributed by atoms with E-state index in [4.69, 9.17) is 9.15 Å². The van der Waals surface area contributed by atoms with Crippen LogP contribution in [0.3, 0.4) is 0 Å². The zero-order valence-electron chi connectivity index (χ0n) is 15.4. The Morgan fingerprint density at radius 1 is 1.19 bits per heavy atom. The van der Waals surface area contributed by atoms with E-state index in [1.165, 1.54) is 0 Å². The van der Waals surface area contributed by atoms with Crippen LogP contribution in [0, 0.1) is 6.92 Å². The number of furan rings is 1. The number of carbonyl (C=O) groups is 1. The van der Waals surface area contributed by atoms with Gasteiger partial charge < -0.3 is 14.5 Å². The van der Waals surface area contributed by atoms with E-state index in [1.807, 2.05) is 43.3 Å². The molecule has 140 valence electrons. The highest BCUT2D eigenvalue weighted by Gasteiger charge is 2.26. The van der Waals surface area contributed by atoms with Crippen LogP contribution in [0.5, 0.6) is 0 Å². The van der Waals surface area contributed by atoms with Crippen LogP contribution in [0.2, 0.25) is 0 Å². The molecule has 0 radical (unpaired) electrons. The summed E-state index contributed by atoms with van der Waals surface area (Å²) in [5.41, 5.74) is 1.45. The third-order valence-electron chi connectivity index (χ3n) is 4.93. The summed E-state index contributed by atoms with van der Waals surface area (Å²) in [5.74, 6) is 1.64. The van der Waals surface area contributed by atoms with Crippen molar-refractivity contribution in [2.75, 3.05) is 32.8 Å². The van der Waals surface area contributed by atoms with Gasteiger partial charge in [-0.2, -0.15) is 0 Å². The number of carbonyl (C=O) groups excluding carboxylic acids is 1. The lowest BCUT2D eigenvalue weighted by Crippen LogP contribution is -2.43. The summed E-state index contributed by atoms with van der Waals surface area (Å²) in [6, 6.07) is 13.4. The normalized spacial score (nSPS) is 16.3. The number of rotatable bonds is 5. The molecular formula is C21H23N3O3. The minimum atomic E-state index is -0.102. The van der Waals surface area contributed by atoms with E-state index in [1.54, 1.807) is 12.3 Å². The Balaban J connectivity index is 1.53. The number of para-hydroxylation sites is 1. The third kappa shape index (κ3) is 3.86. The predicted molar refractivity (Wildman–Crippen MR) is 103 cm³/mol. The summed E-state index contributed by atoms with van der Waals surface area (Å²) in [4.78, 5) is 19.5. The summed E-state index contributed by atoms with van der Waals surface area (Å²) in [6.45, 7) is 5.43. The quantitative estimate of drug-likeness (QED) is 0.753. The number of nitrogens with one attached hydrogen (secondary N) is 1. The molecule has 3 aromatic rings. The molecule has 1 unspecified atom stereocenters. The maximum Gasteiger partial charge on any atom is 0.252 e. The molecule has 4 rings (SSSR count). The van der Waals surface area contributed by atoms with E-state index in [2.05, 4.69) is 15.2 Å². The van der Waals surface area contributed by atoms with E-state index in [0.717, 1.165) is 35.5 Å². The summed E-state index contributed by atoms with van der Waals surface area (Å²) in [7, 11) is 0. The molecular weight excluding hydrogens is 342 g/mol. The average molecular weight is 365 g/mol. The first-order valence-corrected chi connectivity index (χ1v) is 9.22. The topological polar surface area (TPSA) is 67.6 Å². The SMILES string of the molecule is Cc1ccc(C(CNC(=O)c2ccnc3ccccc23)N2CCOCC2)o1. The molecule has 3 heterocycles. The summed E-state index contributed by atoms with van der Waals surface area (Å²) in [6.07, 6.45) is 1.67. The molecule has 1 N–H and O–H groups in total. The van der Waals surface area contributed by atoms with Gasteiger partial charge >= 0.3 is 0 Å². The number of morpholine rings is 1. The minimum absolute atomic E-state index is 0.0142. The van der Waals surface area contributed by atoms with Crippen molar-refractivity contribution in [3.8, 4) is 0 Å². The van der Waals surface area contributed by atoms with Crippen molar-refractivity contribution in [2.45, 2.75) is 13.0 Å². The highest BCUT2D eigenvalue weighted by Crippen LogP contribution is 2.24. The molecule has 0 saturated carbocycles. The standard InChI is InChI=1S/C21H23N3O3/c1-15-6-7-20(27-15)19(24-10-12-26-13-11-24)14-23-21(25)17-8-9-22-18-5-3-2-4-16(17)18/h2-9,19H,10-14H2,1H3,(H,23,25). The average Bonchev–Trinajstić information content (AvgIpc) is 3.14. The first kappa shape index (κ1) is 17.7. The Kier molecular flexibility index (Phi) is 5.18. The van der Waals surface area contributed by atoms with Gasteiger partial charge in [0, 0.05) is 31.2 Å². The van der Waals surface area contributed by atoms with Gasteiger partial charge in [0.25, 0.3) is 5.91 Å². The minimum Gasteiger partial charge on any atom is -0.465 e. The smallest absolute Gasteiger partial charge is 0.252 e. The molecule has 0 aliphatic carbocycles. The van der Waals surface area contributed by atoms with Crippen molar-refractivity contribution in [1.82, 2.24) is 15.2 Å². The zero-order valence-corrected chi connectivity index (χ0v) is 15.4. The zero-order chi connectivity index (χ0) is 18.6. The molecule has 6 heteroatoms. The number of aryl methyl sites for hydroxylation is 1. The Morgan fingerprint density at radius 2 is 2.00 bits per heavy atom. The van der Waals surface area contributed by atoms with E-state index in [9.17, 15) is 4.79 Å². The molecule has 1 saturated heterocycles. The number of fused-ring (bicyclic) bond motifs is 1. The second kappa shape index (κ2) is 7.90. The number of benzene rings is 1. The van der Waals surface area contributed by atoms with Crippen LogP contribution >= 0.6 is 0 Å². The fraction of sp³-hybridized carbons (Fsp3) is 0.333. The molecule has 6 nitrogen and oxygen atoms in total.